The highest BCUT2D eigenvalue weighted by Gasteiger charge is 2.05. The first kappa shape index (κ1) is 13.5. The summed E-state index contributed by atoms with van der Waals surface area (Å²) in [5.74, 6) is 0.470. The molecule has 0 bridgehead atoms. The summed E-state index contributed by atoms with van der Waals surface area (Å²) in [5, 5.41) is 4.58. The molecule has 2 rings (SSSR count). The predicted molar refractivity (Wildman–Crippen MR) is 65.9 cm³/mol. The molecule has 1 aromatic carbocycles. The van der Waals surface area contributed by atoms with E-state index in [-0.39, 0.29) is 0 Å². The summed E-state index contributed by atoms with van der Waals surface area (Å²) in [6.45, 7) is 9.98. The molecule has 15 heavy (non-hydrogen) atoms. The Kier molecular flexibility index (Phi) is 6.18. The van der Waals surface area contributed by atoms with E-state index < -0.39 is 0 Å². The largest absolute Gasteiger partial charge is 0.380 e. The van der Waals surface area contributed by atoms with E-state index in [1.54, 1.807) is 0 Å². The molecule has 0 aliphatic rings. The number of fused-ring (bicyclic) bond motifs is 1. The summed E-state index contributed by atoms with van der Waals surface area (Å²) in [6, 6.07) is 5.75. The van der Waals surface area contributed by atoms with Gasteiger partial charge in [0.25, 0.3) is 0 Å². The maximum Gasteiger partial charge on any atom is 0.175 e. The molecule has 1 aromatic heterocycles. The van der Waals surface area contributed by atoms with Crippen molar-refractivity contribution in [2.75, 3.05) is 5.73 Å². The third-order valence-electron chi connectivity index (χ3n) is 1.73. The van der Waals surface area contributed by atoms with E-state index in [0.717, 1.165) is 16.5 Å². The predicted octanol–water partition coefficient (Wildman–Crippen LogP) is 3.77. The van der Waals surface area contributed by atoms with Gasteiger partial charge in [0.15, 0.2) is 11.4 Å². The van der Waals surface area contributed by atoms with Gasteiger partial charge in [-0.25, -0.2) is 0 Å². The van der Waals surface area contributed by atoms with Crippen LogP contribution in [0.3, 0.4) is 0 Å². The van der Waals surface area contributed by atoms with Crippen molar-refractivity contribution in [1.29, 1.82) is 0 Å². The molecule has 0 saturated carbocycles. The lowest BCUT2D eigenvalue weighted by molar-refractivity contribution is 0.460. The molecule has 84 valence electrons. The first-order valence-electron chi connectivity index (χ1n) is 5.39. The maximum absolute atomic E-state index is 5.57. The van der Waals surface area contributed by atoms with Crippen LogP contribution in [-0.4, -0.2) is 5.16 Å². The smallest absolute Gasteiger partial charge is 0.175 e. The average molecular weight is 208 g/mol. The van der Waals surface area contributed by atoms with Gasteiger partial charge in [-0.1, -0.05) is 45.0 Å². The number of hydrogen-bond acceptors (Lipinski definition) is 3. The van der Waals surface area contributed by atoms with Crippen LogP contribution in [0.25, 0.3) is 11.0 Å². The van der Waals surface area contributed by atoms with Gasteiger partial charge < -0.3 is 10.3 Å². The van der Waals surface area contributed by atoms with Crippen molar-refractivity contribution < 1.29 is 4.52 Å². The van der Waals surface area contributed by atoms with Gasteiger partial charge in [-0.3, -0.25) is 0 Å². The van der Waals surface area contributed by atoms with Crippen molar-refractivity contribution in [2.45, 2.75) is 34.6 Å². The zero-order chi connectivity index (χ0) is 11.8. The molecule has 3 heteroatoms. The molecule has 0 aliphatic carbocycles. The number of anilines is 1. The average Bonchev–Trinajstić information content (AvgIpc) is 2.68. The molecular weight excluding hydrogens is 188 g/mol. The third-order valence-corrected chi connectivity index (χ3v) is 1.73. The second-order valence-corrected chi connectivity index (χ2v) is 2.52. The Hall–Kier alpha value is -1.51. The third kappa shape index (κ3) is 2.98. The number of nitrogens with zero attached hydrogens (tertiary/aromatic N) is 1. The lowest BCUT2D eigenvalue weighted by Crippen LogP contribution is -1.84. The first-order chi connectivity index (χ1) is 7.29. The number of rotatable bonds is 0. The van der Waals surface area contributed by atoms with E-state index >= 15 is 0 Å². The normalized spacial score (nSPS) is 8.60. The molecule has 0 fully saturated rings. The topological polar surface area (TPSA) is 52.0 Å². The van der Waals surface area contributed by atoms with Gasteiger partial charge in [0, 0.05) is 0 Å². The van der Waals surface area contributed by atoms with Gasteiger partial charge in [0.2, 0.25) is 0 Å². The van der Waals surface area contributed by atoms with Gasteiger partial charge in [-0.15, -0.1) is 0 Å². The van der Waals surface area contributed by atoms with Gasteiger partial charge in [-0.2, -0.15) is 0 Å². The van der Waals surface area contributed by atoms with Crippen LogP contribution in [-0.2, 0) is 0 Å². The first-order valence-corrected chi connectivity index (χ1v) is 5.39. The Balaban J connectivity index is 0.000000442. The molecule has 0 unspecified atom stereocenters. The molecule has 0 aliphatic heterocycles. The van der Waals surface area contributed by atoms with Crippen molar-refractivity contribution in [1.82, 2.24) is 5.16 Å². The summed E-state index contributed by atoms with van der Waals surface area (Å²) in [5.41, 5.74) is 7.42. The van der Waals surface area contributed by atoms with Crippen LogP contribution in [0.15, 0.2) is 22.7 Å². The van der Waals surface area contributed by atoms with E-state index in [1.807, 2.05) is 52.8 Å². The second-order valence-electron chi connectivity index (χ2n) is 2.52. The van der Waals surface area contributed by atoms with Crippen molar-refractivity contribution in [2.24, 2.45) is 0 Å². The van der Waals surface area contributed by atoms with Gasteiger partial charge >= 0.3 is 0 Å². The Bertz CT molecular complexity index is 393. The number of benzene rings is 1. The quantitative estimate of drug-likeness (QED) is 0.717. The highest BCUT2D eigenvalue weighted by atomic mass is 16.5. The summed E-state index contributed by atoms with van der Waals surface area (Å²) in [4.78, 5) is 0. The van der Waals surface area contributed by atoms with Gasteiger partial charge in [0.05, 0.1) is 5.39 Å². The summed E-state index contributed by atoms with van der Waals surface area (Å²) in [6.07, 6.45) is 0. The lowest BCUT2D eigenvalue weighted by atomic mass is 10.1. The monoisotopic (exact) mass is 208 g/mol. The summed E-state index contributed by atoms with van der Waals surface area (Å²) < 4.78 is 4.95. The number of aromatic nitrogens is 1. The summed E-state index contributed by atoms with van der Waals surface area (Å²) in [7, 11) is 0. The van der Waals surface area contributed by atoms with Crippen LogP contribution in [0.2, 0.25) is 0 Å². The molecule has 1 heterocycles. The second kappa shape index (κ2) is 6.87. The van der Waals surface area contributed by atoms with Crippen LogP contribution in [0.1, 0.15) is 33.3 Å². The van der Waals surface area contributed by atoms with E-state index in [4.69, 9.17) is 10.3 Å². The fraction of sp³-hybridized carbons (Fsp3) is 0.417. The number of hydrogen-bond donors (Lipinski definition) is 1. The summed E-state index contributed by atoms with van der Waals surface area (Å²) >= 11 is 0. The van der Waals surface area contributed by atoms with Crippen LogP contribution in [0.4, 0.5) is 5.82 Å². The Morgan fingerprint density at radius 3 is 2.27 bits per heavy atom. The Morgan fingerprint density at radius 1 is 1.13 bits per heavy atom. The highest BCUT2D eigenvalue weighted by Crippen LogP contribution is 2.22. The number of aryl methyl sites for hydroxylation is 1. The molecular formula is C12H20N2O. The van der Waals surface area contributed by atoms with E-state index in [0.29, 0.717) is 5.82 Å². The Labute approximate surface area is 91.3 Å². The van der Waals surface area contributed by atoms with Crippen molar-refractivity contribution in [3.8, 4) is 0 Å². The lowest BCUT2D eigenvalue weighted by Gasteiger charge is -1.91. The molecule has 2 N–H and O–H groups in total. The van der Waals surface area contributed by atoms with Gasteiger partial charge in [0.1, 0.15) is 0 Å². The standard InChI is InChI=1S/C8H8N2O.2C2H6/c1-5-3-2-4-6-7(5)8(9)10-11-6;2*1-2/h2-4H,1H3,(H2,9,10);2*1-2H3. The fourth-order valence-electron chi connectivity index (χ4n) is 1.19. The number of nitrogens with two attached hydrogens (primary N) is 1. The zero-order valence-electron chi connectivity index (χ0n) is 10.2. The minimum atomic E-state index is 0.470. The molecule has 3 nitrogen and oxygen atoms in total. The van der Waals surface area contributed by atoms with Crippen LogP contribution in [0.5, 0.6) is 0 Å². The van der Waals surface area contributed by atoms with Gasteiger partial charge in [-0.05, 0) is 18.6 Å². The van der Waals surface area contributed by atoms with Crippen molar-refractivity contribution >= 4 is 16.8 Å². The van der Waals surface area contributed by atoms with Crippen LogP contribution >= 0.6 is 0 Å². The minimum Gasteiger partial charge on any atom is -0.380 e. The van der Waals surface area contributed by atoms with Crippen molar-refractivity contribution in [3.63, 3.8) is 0 Å². The molecule has 0 atom stereocenters. The minimum absolute atomic E-state index is 0.470. The Morgan fingerprint density at radius 2 is 1.73 bits per heavy atom. The zero-order valence-corrected chi connectivity index (χ0v) is 10.2. The molecule has 0 spiro atoms. The van der Waals surface area contributed by atoms with E-state index in [2.05, 4.69) is 5.16 Å². The molecule has 0 amide bonds. The van der Waals surface area contributed by atoms with Crippen LogP contribution in [0, 0.1) is 6.92 Å². The number of nitrogen functional groups attached to an aromatic ring is 1. The highest BCUT2D eigenvalue weighted by molar-refractivity contribution is 5.89. The van der Waals surface area contributed by atoms with Crippen LogP contribution < -0.4 is 5.73 Å². The molecule has 2 aromatic rings. The maximum atomic E-state index is 5.57. The fourth-order valence-corrected chi connectivity index (χ4v) is 1.19. The SMILES string of the molecule is CC.CC.Cc1cccc2onc(N)c12. The molecule has 0 saturated heterocycles. The van der Waals surface area contributed by atoms with Crippen molar-refractivity contribution in [3.05, 3.63) is 23.8 Å². The van der Waals surface area contributed by atoms with E-state index in [1.165, 1.54) is 0 Å². The van der Waals surface area contributed by atoms with E-state index in [9.17, 15) is 0 Å². The molecule has 0 radical (unpaired) electrons.